The highest BCUT2D eigenvalue weighted by molar-refractivity contribution is 6.35. The molecule has 2 N–H and O–H groups in total. The summed E-state index contributed by atoms with van der Waals surface area (Å²) in [5, 5.41) is 13.4. The van der Waals surface area contributed by atoms with Crippen LogP contribution in [0.25, 0.3) is 0 Å². The minimum absolute atomic E-state index is 0.110. The van der Waals surface area contributed by atoms with E-state index in [1.54, 1.807) is 25.1 Å². The molecule has 0 saturated carbocycles. The van der Waals surface area contributed by atoms with Crippen LogP contribution in [0, 0.1) is 0 Å². The summed E-state index contributed by atoms with van der Waals surface area (Å²) in [6.45, 7) is 4.54. The molecule has 0 radical (unpaired) electrons. The first-order valence-corrected chi connectivity index (χ1v) is 8.33. The average molecular weight is 345 g/mol. The van der Waals surface area contributed by atoms with Crippen LogP contribution >= 0.6 is 23.2 Å². The molecule has 0 bridgehead atoms. The Labute approximate surface area is 141 Å². The number of anilines is 1. The molecule has 1 fully saturated rings. The van der Waals surface area contributed by atoms with E-state index in [-0.39, 0.29) is 24.1 Å². The van der Waals surface area contributed by atoms with E-state index in [1.165, 1.54) is 0 Å². The normalized spacial score (nSPS) is 21.6. The van der Waals surface area contributed by atoms with Gasteiger partial charge in [-0.25, -0.2) is 0 Å². The molecule has 1 heterocycles. The van der Waals surface area contributed by atoms with Gasteiger partial charge < -0.3 is 10.4 Å². The zero-order valence-corrected chi connectivity index (χ0v) is 14.4. The van der Waals surface area contributed by atoms with Gasteiger partial charge in [-0.3, -0.25) is 9.69 Å². The van der Waals surface area contributed by atoms with Crippen LogP contribution in [0.4, 0.5) is 5.69 Å². The van der Waals surface area contributed by atoms with Crippen LogP contribution in [0.15, 0.2) is 18.2 Å². The highest BCUT2D eigenvalue weighted by Crippen LogP contribution is 2.27. The quantitative estimate of drug-likeness (QED) is 0.858. The molecule has 122 valence electrons. The third-order valence-electron chi connectivity index (χ3n) is 4.10. The summed E-state index contributed by atoms with van der Waals surface area (Å²) in [4.78, 5) is 14.6. The van der Waals surface area contributed by atoms with Crippen molar-refractivity contribution in [3.63, 3.8) is 0 Å². The van der Waals surface area contributed by atoms with E-state index >= 15 is 0 Å². The number of hydrogen-bond donors (Lipinski definition) is 2. The lowest BCUT2D eigenvalue weighted by Crippen LogP contribution is -2.45. The molecule has 4 nitrogen and oxygen atoms in total. The zero-order valence-electron chi connectivity index (χ0n) is 12.9. The number of aliphatic hydroxyl groups excluding tert-OH is 1. The van der Waals surface area contributed by atoms with Crippen LogP contribution in [0.5, 0.6) is 0 Å². The Morgan fingerprint density at radius 2 is 2.18 bits per heavy atom. The summed E-state index contributed by atoms with van der Waals surface area (Å²) in [5.41, 5.74) is 0.525. The molecule has 0 aliphatic carbocycles. The van der Waals surface area contributed by atoms with Crippen molar-refractivity contribution in [2.75, 3.05) is 11.9 Å². The van der Waals surface area contributed by atoms with Gasteiger partial charge in [-0.2, -0.15) is 0 Å². The van der Waals surface area contributed by atoms with Gasteiger partial charge in [0, 0.05) is 11.1 Å². The van der Waals surface area contributed by atoms with Gasteiger partial charge in [0.25, 0.3) is 0 Å². The number of likely N-dealkylation sites (tertiary alicyclic amines) is 1. The standard InChI is InChI=1S/C16H22Cl2N2O2/c1-10(21)8-13-4-3-7-20(13)11(2)16(22)19-15-9-12(17)5-6-14(15)18/h5-6,9-11,13,21H,3-4,7-8H2,1-2H3,(H,19,22). The fraction of sp³-hybridized carbons (Fsp3) is 0.562. The van der Waals surface area contributed by atoms with Crippen molar-refractivity contribution in [1.82, 2.24) is 4.90 Å². The maximum atomic E-state index is 12.5. The third kappa shape index (κ3) is 4.35. The molecule has 1 saturated heterocycles. The van der Waals surface area contributed by atoms with Crippen LogP contribution in [0.3, 0.4) is 0 Å². The molecule has 1 aromatic rings. The molecular formula is C16H22Cl2N2O2. The number of nitrogens with zero attached hydrogens (tertiary/aromatic N) is 1. The molecule has 0 aromatic heterocycles. The van der Waals surface area contributed by atoms with Crippen LogP contribution in [-0.4, -0.2) is 40.6 Å². The molecule has 3 atom stereocenters. The second kappa shape index (κ2) is 7.64. The number of aliphatic hydroxyl groups is 1. The number of carbonyl (C=O) groups excluding carboxylic acids is 1. The highest BCUT2D eigenvalue weighted by atomic mass is 35.5. The van der Waals surface area contributed by atoms with Crippen molar-refractivity contribution in [2.45, 2.75) is 51.3 Å². The summed E-state index contributed by atoms with van der Waals surface area (Å²) < 4.78 is 0. The predicted molar refractivity (Wildman–Crippen MR) is 90.6 cm³/mol. The maximum absolute atomic E-state index is 12.5. The number of nitrogens with one attached hydrogen (secondary N) is 1. The first-order valence-electron chi connectivity index (χ1n) is 7.58. The zero-order chi connectivity index (χ0) is 16.3. The fourth-order valence-electron chi connectivity index (χ4n) is 3.00. The third-order valence-corrected chi connectivity index (χ3v) is 4.66. The monoisotopic (exact) mass is 344 g/mol. The van der Waals surface area contributed by atoms with E-state index in [9.17, 15) is 9.90 Å². The van der Waals surface area contributed by atoms with Gasteiger partial charge in [0.1, 0.15) is 0 Å². The van der Waals surface area contributed by atoms with E-state index in [1.807, 2.05) is 6.92 Å². The van der Waals surface area contributed by atoms with Gasteiger partial charge in [-0.1, -0.05) is 23.2 Å². The molecule has 6 heteroatoms. The number of carbonyl (C=O) groups is 1. The minimum Gasteiger partial charge on any atom is -0.393 e. The molecule has 1 aliphatic rings. The number of amides is 1. The van der Waals surface area contributed by atoms with Crippen molar-refractivity contribution in [3.8, 4) is 0 Å². The van der Waals surface area contributed by atoms with Crippen molar-refractivity contribution >= 4 is 34.8 Å². The lowest BCUT2D eigenvalue weighted by atomic mass is 10.1. The lowest BCUT2D eigenvalue weighted by molar-refractivity contribution is -0.121. The highest BCUT2D eigenvalue weighted by Gasteiger charge is 2.32. The molecule has 0 spiro atoms. The van der Waals surface area contributed by atoms with Gasteiger partial charge >= 0.3 is 0 Å². The van der Waals surface area contributed by atoms with Gasteiger partial charge in [0.15, 0.2) is 0 Å². The fourth-order valence-corrected chi connectivity index (χ4v) is 3.33. The summed E-state index contributed by atoms with van der Waals surface area (Å²) in [5.74, 6) is -0.110. The molecule has 1 aromatic carbocycles. The second-order valence-corrected chi connectivity index (χ2v) is 6.75. The van der Waals surface area contributed by atoms with Crippen LogP contribution < -0.4 is 5.32 Å². The minimum atomic E-state index is -0.358. The molecule has 2 rings (SSSR count). The van der Waals surface area contributed by atoms with Crippen molar-refractivity contribution in [1.29, 1.82) is 0 Å². The van der Waals surface area contributed by atoms with E-state index < -0.39 is 0 Å². The van der Waals surface area contributed by atoms with Gasteiger partial charge in [-0.05, 0) is 57.9 Å². The molecule has 3 unspecified atom stereocenters. The molecular weight excluding hydrogens is 323 g/mol. The summed E-state index contributed by atoms with van der Waals surface area (Å²) >= 11 is 12.0. The first kappa shape index (κ1) is 17.5. The summed E-state index contributed by atoms with van der Waals surface area (Å²) in [7, 11) is 0. The Morgan fingerprint density at radius 3 is 2.86 bits per heavy atom. The summed E-state index contributed by atoms with van der Waals surface area (Å²) in [6, 6.07) is 4.96. The van der Waals surface area contributed by atoms with E-state index in [0.29, 0.717) is 22.2 Å². The first-order chi connectivity index (χ1) is 10.4. The number of benzene rings is 1. The lowest BCUT2D eigenvalue weighted by Gasteiger charge is -2.30. The molecule has 1 amide bonds. The van der Waals surface area contributed by atoms with E-state index in [0.717, 1.165) is 19.4 Å². The molecule has 22 heavy (non-hydrogen) atoms. The summed E-state index contributed by atoms with van der Waals surface area (Å²) in [6.07, 6.45) is 2.39. The van der Waals surface area contributed by atoms with Crippen LogP contribution in [-0.2, 0) is 4.79 Å². The largest absolute Gasteiger partial charge is 0.393 e. The Balaban J connectivity index is 2.03. The van der Waals surface area contributed by atoms with Gasteiger partial charge in [0.05, 0.1) is 22.9 Å². The van der Waals surface area contributed by atoms with E-state index in [4.69, 9.17) is 23.2 Å². The second-order valence-electron chi connectivity index (χ2n) is 5.91. The van der Waals surface area contributed by atoms with Gasteiger partial charge in [0.2, 0.25) is 5.91 Å². The Bertz CT molecular complexity index is 537. The SMILES string of the molecule is CC(O)CC1CCCN1C(C)C(=O)Nc1cc(Cl)ccc1Cl. The Morgan fingerprint density at radius 1 is 1.45 bits per heavy atom. The Hall–Kier alpha value is -0.810. The van der Waals surface area contributed by atoms with Crippen LogP contribution in [0.1, 0.15) is 33.1 Å². The predicted octanol–water partition coefficient (Wildman–Crippen LogP) is 3.56. The van der Waals surface area contributed by atoms with Crippen molar-refractivity contribution in [3.05, 3.63) is 28.2 Å². The maximum Gasteiger partial charge on any atom is 0.241 e. The topological polar surface area (TPSA) is 52.6 Å². The number of rotatable bonds is 5. The molecule has 1 aliphatic heterocycles. The average Bonchev–Trinajstić information content (AvgIpc) is 2.89. The smallest absolute Gasteiger partial charge is 0.241 e. The van der Waals surface area contributed by atoms with Gasteiger partial charge in [-0.15, -0.1) is 0 Å². The van der Waals surface area contributed by atoms with Crippen LogP contribution in [0.2, 0.25) is 10.0 Å². The number of hydrogen-bond acceptors (Lipinski definition) is 3. The van der Waals surface area contributed by atoms with Crippen molar-refractivity contribution < 1.29 is 9.90 Å². The van der Waals surface area contributed by atoms with E-state index in [2.05, 4.69) is 10.2 Å². The Kier molecular flexibility index (Phi) is 6.09. The van der Waals surface area contributed by atoms with Crippen molar-refractivity contribution in [2.24, 2.45) is 0 Å². The number of halogens is 2.